The van der Waals surface area contributed by atoms with E-state index in [1.165, 1.54) is 70.6 Å². The van der Waals surface area contributed by atoms with E-state index in [0.29, 0.717) is 19.3 Å². The van der Waals surface area contributed by atoms with Crippen LogP contribution in [0.15, 0.2) is 109 Å². The fourth-order valence-electron chi connectivity index (χ4n) is 7.05. The summed E-state index contributed by atoms with van der Waals surface area (Å²) in [6, 6.07) is 0. The van der Waals surface area contributed by atoms with Gasteiger partial charge in [-0.2, -0.15) is 0 Å². The smallest absolute Gasteiger partial charge is 0.306 e. The third-order valence-corrected chi connectivity index (χ3v) is 11.1. The Hall–Kier alpha value is -3.93. The van der Waals surface area contributed by atoms with Gasteiger partial charge in [-0.3, -0.25) is 14.4 Å². The zero-order chi connectivity index (χ0) is 47.9. The average Bonchev–Trinajstić information content (AvgIpc) is 3.31. The molecular weight excluding hydrogens is 817 g/mol. The lowest BCUT2D eigenvalue weighted by molar-refractivity contribution is -0.167. The Bertz CT molecular complexity index is 1370. The minimum absolute atomic E-state index is 0.111. The first-order chi connectivity index (χ1) is 32.5. The lowest BCUT2D eigenvalue weighted by Gasteiger charge is -2.18. The first-order valence-electron chi connectivity index (χ1n) is 27.0. The fraction of sp³-hybridized carbons (Fsp3) is 0.650. The standard InChI is InChI=1S/C60H98O6/c1-4-7-10-13-16-19-22-25-27-29-31-33-35-38-41-44-47-50-53-59(62)65-56-57(55-64-58(61)52-49-46-43-40-37-24-21-18-15-12-9-6-3)66-60(63)54-51-48-45-42-39-36-34-32-30-28-26-23-20-17-14-11-8-5-2/h9,12,16,18-19,21-22,25,27-34,37,40,57H,4-8,10-11,13-15,17,20,23-24,26,35-36,38-39,41-56H2,1-3H3/b12-9-,19-16-,21-18-,25-22-,29-27-,30-28-,33-31-,34-32-,40-37-. The lowest BCUT2D eigenvalue weighted by atomic mass is 10.1. The maximum atomic E-state index is 12.8. The molecule has 0 aliphatic rings. The number of hydrogen-bond donors (Lipinski definition) is 0. The van der Waals surface area contributed by atoms with Crippen LogP contribution in [-0.4, -0.2) is 37.2 Å². The SMILES string of the molecule is CC/C=C\C/C=C\C/C=C\CCCCC(=O)OCC(COC(=O)CCCCCCC\C=C/C=C\C=C/C=C\CCCCC)OC(=O)CCCCCCC/C=C\C=C/CCCCCCCCC. The van der Waals surface area contributed by atoms with Gasteiger partial charge in [0, 0.05) is 19.3 Å². The minimum atomic E-state index is -0.814. The van der Waals surface area contributed by atoms with Gasteiger partial charge < -0.3 is 14.2 Å². The van der Waals surface area contributed by atoms with Crippen LogP contribution in [0.25, 0.3) is 0 Å². The van der Waals surface area contributed by atoms with Crippen molar-refractivity contribution in [1.82, 2.24) is 0 Å². The largest absolute Gasteiger partial charge is 0.462 e. The van der Waals surface area contributed by atoms with E-state index in [-0.39, 0.29) is 31.1 Å². The number of carbonyl (C=O) groups is 3. The van der Waals surface area contributed by atoms with Crippen LogP contribution in [0.5, 0.6) is 0 Å². The van der Waals surface area contributed by atoms with Crippen LogP contribution < -0.4 is 0 Å². The van der Waals surface area contributed by atoms with Crippen molar-refractivity contribution in [2.45, 2.75) is 239 Å². The molecule has 0 N–H and O–H groups in total. The van der Waals surface area contributed by atoms with Gasteiger partial charge in [0.15, 0.2) is 6.10 Å². The molecule has 0 amide bonds. The predicted molar refractivity (Wildman–Crippen MR) is 283 cm³/mol. The van der Waals surface area contributed by atoms with Crippen molar-refractivity contribution in [3.63, 3.8) is 0 Å². The summed E-state index contributed by atoms with van der Waals surface area (Å²) in [6.07, 6.45) is 72.2. The van der Waals surface area contributed by atoms with E-state index in [9.17, 15) is 14.4 Å². The molecule has 0 spiro atoms. The van der Waals surface area contributed by atoms with Crippen molar-refractivity contribution in [1.29, 1.82) is 0 Å². The van der Waals surface area contributed by atoms with Crippen LogP contribution in [-0.2, 0) is 28.6 Å². The summed E-state index contributed by atoms with van der Waals surface area (Å²) in [5.74, 6) is -0.991. The predicted octanol–water partition coefficient (Wildman–Crippen LogP) is 17.9. The molecule has 0 aliphatic carbocycles. The maximum Gasteiger partial charge on any atom is 0.306 e. The van der Waals surface area contributed by atoms with Crippen molar-refractivity contribution in [3.8, 4) is 0 Å². The molecule has 0 saturated carbocycles. The summed E-state index contributed by atoms with van der Waals surface area (Å²) in [5, 5.41) is 0. The Morgan fingerprint density at radius 3 is 1.14 bits per heavy atom. The number of unbranched alkanes of at least 4 members (excludes halogenated alkanes) is 22. The average molecular weight is 915 g/mol. The first kappa shape index (κ1) is 62.1. The molecule has 0 aromatic carbocycles. The second-order valence-corrected chi connectivity index (χ2v) is 17.5. The monoisotopic (exact) mass is 915 g/mol. The first-order valence-corrected chi connectivity index (χ1v) is 27.0. The van der Waals surface area contributed by atoms with Crippen LogP contribution in [0.4, 0.5) is 0 Å². The van der Waals surface area contributed by atoms with Gasteiger partial charge >= 0.3 is 17.9 Å². The van der Waals surface area contributed by atoms with E-state index in [1.54, 1.807) is 0 Å². The zero-order valence-corrected chi connectivity index (χ0v) is 42.7. The Morgan fingerprint density at radius 1 is 0.333 bits per heavy atom. The van der Waals surface area contributed by atoms with E-state index in [1.807, 2.05) is 0 Å². The topological polar surface area (TPSA) is 78.9 Å². The van der Waals surface area contributed by atoms with Crippen molar-refractivity contribution >= 4 is 17.9 Å². The molecule has 0 heterocycles. The normalized spacial score (nSPS) is 13.0. The summed E-state index contributed by atoms with van der Waals surface area (Å²) in [6.45, 7) is 6.40. The number of carbonyl (C=O) groups excluding carboxylic acids is 3. The van der Waals surface area contributed by atoms with E-state index in [0.717, 1.165) is 122 Å². The third kappa shape index (κ3) is 51.1. The van der Waals surface area contributed by atoms with Crippen molar-refractivity contribution in [3.05, 3.63) is 109 Å². The van der Waals surface area contributed by atoms with Gasteiger partial charge in [-0.25, -0.2) is 0 Å². The number of allylic oxidation sites excluding steroid dienone is 18. The van der Waals surface area contributed by atoms with Crippen LogP contribution in [0.2, 0.25) is 0 Å². The molecule has 0 bridgehead atoms. The van der Waals surface area contributed by atoms with Gasteiger partial charge in [0.25, 0.3) is 0 Å². The molecule has 0 saturated heterocycles. The highest BCUT2D eigenvalue weighted by atomic mass is 16.6. The Balaban J connectivity index is 4.50. The summed E-state index contributed by atoms with van der Waals surface area (Å²) >= 11 is 0. The Labute approximate surface area is 406 Å². The minimum Gasteiger partial charge on any atom is -0.462 e. The van der Waals surface area contributed by atoms with Crippen LogP contribution in [0.1, 0.15) is 233 Å². The fourth-order valence-corrected chi connectivity index (χ4v) is 7.05. The van der Waals surface area contributed by atoms with E-state index < -0.39 is 6.10 Å². The van der Waals surface area contributed by atoms with E-state index >= 15 is 0 Å². The molecule has 0 aromatic heterocycles. The van der Waals surface area contributed by atoms with E-state index in [4.69, 9.17) is 14.2 Å². The number of ether oxygens (including phenoxy) is 3. The highest BCUT2D eigenvalue weighted by molar-refractivity contribution is 5.71. The molecule has 0 fully saturated rings. The van der Waals surface area contributed by atoms with Crippen LogP contribution in [0.3, 0.4) is 0 Å². The van der Waals surface area contributed by atoms with Crippen molar-refractivity contribution in [2.75, 3.05) is 13.2 Å². The molecule has 0 aliphatic heterocycles. The van der Waals surface area contributed by atoms with Crippen LogP contribution >= 0.6 is 0 Å². The summed E-state index contributed by atoms with van der Waals surface area (Å²) in [5.41, 5.74) is 0. The quantitative estimate of drug-likeness (QED) is 0.0199. The van der Waals surface area contributed by atoms with Gasteiger partial charge in [-0.1, -0.05) is 220 Å². The highest BCUT2D eigenvalue weighted by Gasteiger charge is 2.19. The van der Waals surface area contributed by atoms with Gasteiger partial charge in [0.05, 0.1) is 0 Å². The Morgan fingerprint density at radius 2 is 0.652 bits per heavy atom. The van der Waals surface area contributed by atoms with Gasteiger partial charge in [-0.05, 0) is 103 Å². The second-order valence-electron chi connectivity index (χ2n) is 17.5. The molecule has 0 aromatic rings. The molecule has 6 nitrogen and oxygen atoms in total. The number of hydrogen-bond acceptors (Lipinski definition) is 6. The molecule has 0 rings (SSSR count). The van der Waals surface area contributed by atoms with E-state index in [2.05, 4.69) is 130 Å². The lowest BCUT2D eigenvalue weighted by Crippen LogP contribution is -2.30. The van der Waals surface area contributed by atoms with Crippen LogP contribution in [0, 0.1) is 0 Å². The molecule has 1 atom stereocenters. The number of rotatable bonds is 47. The van der Waals surface area contributed by atoms with Crippen molar-refractivity contribution in [2.24, 2.45) is 0 Å². The molecule has 1 unspecified atom stereocenters. The number of esters is 3. The molecule has 6 heteroatoms. The molecule has 66 heavy (non-hydrogen) atoms. The maximum absolute atomic E-state index is 12.8. The molecule has 0 radical (unpaired) electrons. The summed E-state index contributed by atoms with van der Waals surface area (Å²) in [7, 11) is 0. The van der Waals surface area contributed by atoms with Crippen molar-refractivity contribution < 1.29 is 28.6 Å². The van der Waals surface area contributed by atoms with Gasteiger partial charge in [0.1, 0.15) is 13.2 Å². The third-order valence-electron chi connectivity index (χ3n) is 11.1. The summed E-state index contributed by atoms with van der Waals surface area (Å²) < 4.78 is 16.7. The van der Waals surface area contributed by atoms with Gasteiger partial charge in [-0.15, -0.1) is 0 Å². The second kappa shape index (κ2) is 53.7. The molecule has 374 valence electrons. The zero-order valence-electron chi connectivity index (χ0n) is 42.7. The van der Waals surface area contributed by atoms with Gasteiger partial charge in [0.2, 0.25) is 0 Å². The summed E-state index contributed by atoms with van der Waals surface area (Å²) in [4.78, 5) is 38.0. The highest BCUT2D eigenvalue weighted by Crippen LogP contribution is 2.13. The Kier molecular flexibility index (Phi) is 50.5. The molecular formula is C60H98O6.